The number of hydroxylamine groups is 1. The van der Waals surface area contributed by atoms with E-state index in [1.807, 2.05) is 41.5 Å². The van der Waals surface area contributed by atoms with Crippen molar-refractivity contribution in [2.24, 2.45) is 5.41 Å². The Kier molecular flexibility index (Phi) is 3.66. The van der Waals surface area contributed by atoms with Crippen molar-refractivity contribution in [1.29, 1.82) is 0 Å². The molecule has 1 N–H and O–H groups in total. The van der Waals surface area contributed by atoms with Crippen LogP contribution >= 0.6 is 12.2 Å². The lowest BCUT2D eigenvalue weighted by molar-refractivity contribution is 0.0955. The SMILES string of the molecule is CC(C)(C)NOC(=S)C(C)(C)C. The maximum Gasteiger partial charge on any atom is 0.192 e. The van der Waals surface area contributed by atoms with Gasteiger partial charge in [-0.3, -0.25) is 0 Å². The van der Waals surface area contributed by atoms with Crippen LogP contribution in [0.15, 0.2) is 0 Å². The molecule has 12 heavy (non-hydrogen) atoms. The Morgan fingerprint density at radius 3 is 1.75 bits per heavy atom. The van der Waals surface area contributed by atoms with E-state index in [0.717, 1.165) is 0 Å². The summed E-state index contributed by atoms with van der Waals surface area (Å²) in [5.74, 6) is 0. The zero-order chi connectivity index (χ0) is 9.99. The van der Waals surface area contributed by atoms with Crippen molar-refractivity contribution in [3.05, 3.63) is 0 Å². The number of nitrogens with one attached hydrogen (secondary N) is 1. The van der Waals surface area contributed by atoms with E-state index in [-0.39, 0.29) is 11.0 Å². The Morgan fingerprint density at radius 1 is 1.08 bits per heavy atom. The maximum atomic E-state index is 5.25. The van der Waals surface area contributed by atoms with E-state index in [2.05, 4.69) is 5.48 Å². The van der Waals surface area contributed by atoms with E-state index in [4.69, 9.17) is 17.1 Å². The number of thiocarbonyl (C=S) groups is 1. The van der Waals surface area contributed by atoms with E-state index in [1.54, 1.807) is 0 Å². The number of hydrogen-bond donors (Lipinski definition) is 1. The molecule has 0 fully saturated rings. The first kappa shape index (κ1) is 11.8. The molecule has 0 aliphatic carbocycles. The molecule has 0 spiro atoms. The van der Waals surface area contributed by atoms with Crippen LogP contribution in [-0.2, 0) is 4.84 Å². The highest BCUT2D eigenvalue weighted by Gasteiger charge is 2.21. The van der Waals surface area contributed by atoms with Gasteiger partial charge in [-0.05, 0) is 33.0 Å². The average Bonchev–Trinajstić information content (AvgIpc) is 1.78. The molecule has 0 saturated heterocycles. The lowest BCUT2D eigenvalue weighted by atomic mass is 9.98. The zero-order valence-electron chi connectivity index (χ0n) is 8.82. The van der Waals surface area contributed by atoms with Crippen molar-refractivity contribution in [2.75, 3.05) is 0 Å². The van der Waals surface area contributed by atoms with Gasteiger partial charge in [0.1, 0.15) is 0 Å². The van der Waals surface area contributed by atoms with Crippen molar-refractivity contribution in [2.45, 2.75) is 47.1 Å². The van der Waals surface area contributed by atoms with Gasteiger partial charge in [0.15, 0.2) is 5.05 Å². The summed E-state index contributed by atoms with van der Waals surface area (Å²) in [6.45, 7) is 12.2. The molecular formula is C9H19NOS. The molecule has 0 unspecified atom stereocenters. The third kappa shape index (κ3) is 5.49. The molecule has 0 rings (SSSR count). The summed E-state index contributed by atoms with van der Waals surface area (Å²) < 4.78 is 0. The largest absolute Gasteiger partial charge is 0.400 e. The molecule has 0 aromatic rings. The molecule has 0 saturated carbocycles. The highest BCUT2D eigenvalue weighted by atomic mass is 32.1. The fraction of sp³-hybridized carbons (Fsp3) is 0.889. The highest BCUT2D eigenvalue weighted by Crippen LogP contribution is 2.16. The van der Waals surface area contributed by atoms with Crippen molar-refractivity contribution in [3.63, 3.8) is 0 Å². The van der Waals surface area contributed by atoms with Gasteiger partial charge in [0.2, 0.25) is 0 Å². The Balaban J connectivity index is 3.90. The molecule has 72 valence electrons. The Hall–Kier alpha value is -0.150. The average molecular weight is 189 g/mol. The van der Waals surface area contributed by atoms with Crippen LogP contribution in [0.1, 0.15) is 41.5 Å². The van der Waals surface area contributed by atoms with E-state index in [0.29, 0.717) is 5.05 Å². The molecule has 0 bridgehead atoms. The second kappa shape index (κ2) is 3.71. The molecule has 0 amide bonds. The molecule has 0 aliphatic rings. The van der Waals surface area contributed by atoms with Crippen LogP contribution in [0, 0.1) is 5.41 Å². The van der Waals surface area contributed by atoms with E-state index in [1.165, 1.54) is 0 Å². The molecule has 0 aromatic carbocycles. The molecule has 2 nitrogen and oxygen atoms in total. The van der Waals surface area contributed by atoms with Crippen LogP contribution in [-0.4, -0.2) is 10.6 Å². The van der Waals surface area contributed by atoms with Crippen molar-refractivity contribution in [1.82, 2.24) is 5.48 Å². The minimum atomic E-state index is -0.0758. The van der Waals surface area contributed by atoms with Crippen molar-refractivity contribution in [3.8, 4) is 0 Å². The highest BCUT2D eigenvalue weighted by molar-refractivity contribution is 7.80. The molecular weight excluding hydrogens is 170 g/mol. The standard InChI is InChI=1S/C9H19NOS/c1-8(2,3)7(12)11-10-9(4,5)6/h10H,1-6H3. The lowest BCUT2D eigenvalue weighted by Gasteiger charge is -2.25. The Morgan fingerprint density at radius 2 is 1.50 bits per heavy atom. The Labute approximate surface area is 80.6 Å². The summed E-state index contributed by atoms with van der Waals surface area (Å²) in [6.07, 6.45) is 0. The second-order valence-corrected chi connectivity index (χ2v) is 5.36. The van der Waals surface area contributed by atoms with Gasteiger partial charge >= 0.3 is 0 Å². The third-order valence-corrected chi connectivity index (χ3v) is 1.76. The summed E-state index contributed by atoms with van der Waals surface area (Å²) >= 11 is 5.07. The first-order valence-electron chi connectivity index (χ1n) is 4.11. The molecule has 0 heterocycles. The van der Waals surface area contributed by atoms with Crippen LogP contribution in [0.25, 0.3) is 0 Å². The van der Waals surface area contributed by atoms with Crippen LogP contribution in [0.2, 0.25) is 0 Å². The summed E-state index contributed by atoms with van der Waals surface area (Å²) in [4.78, 5) is 5.25. The minimum Gasteiger partial charge on any atom is -0.400 e. The minimum absolute atomic E-state index is 0.0602. The van der Waals surface area contributed by atoms with Gasteiger partial charge in [-0.1, -0.05) is 20.8 Å². The summed E-state index contributed by atoms with van der Waals surface area (Å²) in [7, 11) is 0. The van der Waals surface area contributed by atoms with Gasteiger partial charge in [0.25, 0.3) is 0 Å². The van der Waals surface area contributed by atoms with Crippen molar-refractivity contribution >= 4 is 17.3 Å². The van der Waals surface area contributed by atoms with Crippen LogP contribution in [0.4, 0.5) is 0 Å². The molecule has 0 atom stereocenters. The fourth-order valence-electron chi connectivity index (χ4n) is 0.353. The second-order valence-electron chi connectivity index (χ2n) is 4.99. The van der Waals surface area contributed by atoms with E-state index in [9.17, 15) is 0 Å². The predicted octanol–water partition coefficient (Wildman–Crippen LogP) is 2.68. The molecule has 0 radical (unpaired) electrons. The quantitative estimate of drug-likeness (QED) is 0.506. The fourth-order valence-corrected chi connectivity index (χ4v) is 0.394. The lowest BCUT2D eigenvalue weighted by Crippen LogP contribution is -2.39. The van der Waals surface area contributed by atoms with Crippen LogP contribution in [0.3, 0.4) is 0 Å². The first-order valence-corrected chi connectivity index (χ1v) is 4.52. The smallest absolute Gasteiger partial charge is 0.192 e. The summed E-state index contributed by atoms with van der Waals surface area (Å²) in [5.41, 5.74) is 2.75. The van der Waals surface area contributed by atoms with Gasteiger partial charge in [-0.2, -0.15) is 5.48 Å². The third-order valence-electron chi connectivity index (χ3n) is 1.06. The molecule has 3 heteroatoms. The van der Waals surface area contributed by atoms with Gasteiger partial charge in [0, 0.05) is 11.0 Å². The Bertz CT molecular complexity index is 164. The van der Waals surface area contributed by atoms with Gasteiger partial charge < -0.3 is 4.84 Å². The predicted molar refractivity (Wildman–Crippen MR) is 56.0 cm³/mol. The van der Waals surface area contributed by atoms with Gasteiger partial charge in [0.05, 0.1) is 0 Å². The van der Waals surface area contributed by atoms with Crippen LogP contribution < -0.4 is 5.48 Å². The molecule has 0 aliphatic heterocycles. The van der Waals surface area contributed by atoms with Crippen molar-refractivity contribution < 1.29 is 4.84 Å². The summed E-state index contributed by atoms with van der Waals surface area (Å²) in [6, 6.07) is 0. The topological polar surface area (TPSA) is 21.3 Å². The molecule has 0 aromatic heterocycles. The zero-order valence-corrected chi connectivity index (χ0v) is 9.63. The monoisotopic (exact) mass is 189 g/mol. The maximum absolute atomic E-state index is 5.25. The van der Waals surface area contributed by atoms with E-state index >= 15 is 0 Å². The first-order chi connectivity index (χ1) is 5.13. The normalized spacial score (nSPS) is 12.8. The number of rotatable bonds is 1. The van der Waals surface area contributed by atoms with Crippen LogP contribution in [0.5, 0.6) is 0 Å². The van der Waals surface area contributed by atoms with Gasteiger partial charge in [-0.15, -0.1) is 0 Å². The van der Waals surface area contributed by atoms with E-state index < -0.39 is 0 Å². The van der Waals surface area contributed by atoms with Gasteiger partial charge in [-0.25, -0.2) is 0 Å². The number of hydrogen-bond acceptors (Lipinski definition) is 3. The summed E-state index contributed by atoms with van der Waals surface area (Å²) in [5, 5.41) is 0.595.